The first-order chi connectivity index (χ1) is 8.47. The average Bonchev–Trinajstić information content (AvgIpc) is 2.30. The molecule has 0 amide bonds. The summed E-state index contributed by atoms with van der Waals surface area (Å²) in [5, 5.41) is 12.7. The Bertz CT molecular complexity index is 597. The topological polar surface area (TPSA) is 66.4 Å². The van der Waals surface area contributed by atoms with Crippen LogP contribution in [0.25, 0.3) is 0 Å². The SMILES string of the molecule is CC1=CC(=O)C(=O)C=C1Nc1cc(C)ccc1O. The fourth-order valence-electron chi connectivity index (χ4n) is 1.69. The molecule has 2 N–H and O–H groups in total. The number of nitrogens with one attached hydrogen (secondary N) is 1. The van der Waals surface area contributed by atoms with E-state index in [9.17, 15) is 14.7 Å². The highest BCUT2D eigenvalue weighted by molar-refractivity contribution is 6.46. The molecular formula is C14H13NO3. The molecule has 2 rings (SSSR count). The summed E-state index contributed by atoms with van der Waals surface area (Å²) in [5.41, 5.74) is 2.69. The third kappa shape index (κ3) is 2.32. The van der Waals surface area contributed by atoms with E-state index < -0.39 is 11.6 Å². The van der Waals surface area contributed by atoms with Crippen molar-refractivity contribution in [1.29, 1.82) is 0 Å². The normalized spacial score (nSPS) is 15.2. The molecule has 1 aromatic carbocycles. The monoisotopic (exact) mass is 243 g/mol. The highest BCUT2D eigenvalue weighted by atomic mass is 16.3. The molecule has 0 bridgehead atoms. The van der Waals surface area contributed by atoms with E-state index in [4.69, 9.17) is 0 Å². The van der Waals surface area contributed by atoms with Crippen molar-refractivity contribution in [2.75, 3.05) is 5.32 Å². The van der Waals surface area contributed by atoms with E-state index in [-0.39, 0.29) is 5.75 Å². The van der Waals surface area contributed by atoms with Crippen molar-refractivity contribution in [3.8, 4) is 5.75 Å². The van der Waals surface area contributed by atoms with E-state index in [0.29, 0.717) is 17.0 Å². The molecule has 0 radical (unpaired) electrons. The van der Waals surface area contributed by atoms with Crippen molar-refractivity contribution in [3.63, 3.8) is 0 Å². The molecule has 0 fully saturated rings. The minimum absolute atomic E-state index is 0.0960. The molecule has 1 aliphatic carbocycles. The van der Waals surface area contributed by atoms with E-state index in [1.54, 1.807) is 25.1 Å². The van der Waals surface area contributed by atoms with Crippen LogP contribution in [0.4, 0.5) is 5.69 Å². The van der Waals surface area contributed by atoms with Crippen LogP contribution < -0.4 is 5.32 Å². The zero-order chi connectivity index (χ0) is 13.3. The summed E-state index contributed by atoms with van der Waals surface area (Å²) in [6, 6.07) is 5.13. The zero-order valence-corrected chi connectivity index (χ0v) is 10.2. The molecule has 1 aromatic rings. The number of ketones is 2. The lowest BCUT2D eigenvalue weighted by Gasteiger charge is -2.15. The lowest BCUT2D eigenvalue weighted by atomic mass is 10.0. The molecule has 0 saturated heterocycles. The number of rotatable bonds is 2. The van der Waals surface area contributed by atoms with Gasteiger partial charge in [-0.1, -0.05) is 6.07 Å². The van der Waals surface area contributed by atoms with E-state index in [1.165, 1.54) is 12.2 Å². The van der Waals surface area contributed by atoms with Crippen LogP contribution in [0, 0.1) is 6.92 Å². The Morgan fingerprint density at radius 2 is 1.72 bits per heavy atom. The molecule has 4 heteroatoms. The van der Waals surface area contributed by atoms with Crippen LogP contribution in [0.1, 0.15) is 12.5 Å². The van der Waals surface area contributed by atoms with E-state index >= 15 is 0 Å². The van der Waals surface area contributed by atoms with E-state index in [0.717, 1.165) is 5.56 Å². The Kier molecular flexibility index (Phi) is 3.02. The highest BCUT2D eigenvalue weighted by Crippen LogP contribution is 2.27. The average molecular weight is 243 g/mol. The lowest BCUT2D eigenvalue weighted by molar-refractivity contribution is -0.131. The number of phenols is 1. The van der Waals surface area contributed by atoms with Gasteiger partial charge in [-0.3, -0.25) is 9.59 Å². The largest absolute Gasteiger partial charge is 0.506 e. The molecule has 4 nitrogen and oxygen atoms in total. The van der Waals surface area contributed by atoms with Crippen LogP contribution in [0.5, 0.6) is 5.75 Å². The van der Waals surface area contributed by atoms with Gasteiger partial charge in [0, 0.05) is 11.8 Å². The summed E-state index contributed by atoms with van der Waals surface area (Å²) >= 11 is 0. The summed E-state index contributed by atoms with van der Waals surface area (Å²) in [6.07, 6.45) is 2.54. The number of phenolic OH excluding ortho intramolecular Hbond substituents is 1. The Hall–Kier alpha value is -2.36. The number of allylic oxidation sites excluding steroid dienone is 3. The van der Waals surface area contributed by atoms with Gasteiger partial charge < -0.3 is 10.4 Å². The van der Waals surface area contributed by atoms with Gasteiger partial charge in [-0.15, -0.1) is 0 Å². The maximum absolute atomic E-state index is 11.3. The molecule has 0 unspecified atom stereocenters. The smallest absolute Gasteiger partial charge is 0.227 e. The van der Waals surface area contributed by atoms with Gasteiger partial charge in [-0.2, -0.15) is 0 Å². The Morgan fingerprint density at radius 3 is 2.44 bits per heavy atom. The third-order valence-electron chi connectivity index (χ3n) is 2.71. The predicted molar refractivity (Wildman–Crippen MR) is 68.3 cm³/mol. The summed E-state index contributed by atoms with van der Waals surface area (Å²) in [5.74, 6) is -0.986. The van der Waals surface area contributed by atoms with Crippen molar-refractivity contribution >= 4 is 17.3 Å². The van der Waals surface area contributed by atoms with Gasteiger partial charge in [0.1, 0.15) is 5.75 Å². The number of hydrogen-bond acceptors (Lipinski definition) is 4. The lowest BCUT2D eigenvalue weighted by Crippen LogP contribution is -2.17. The fourth-order valence-corrected chi connectivity index (χ4v) is 1.69. The first kappa shape index (κ1) is 12.1. The van der Waals surface area contributed by atoms with Gasteiger partial charge in [0.25, 0.3) is 0 Å². The number of aromatic hydroxyl groups is 1. The number of anilines is 1. The maximum atomic E-state index is 11.3. The van der Waals surface area contributed by atoms with Crippen LogP contribution in [0.15, 0.2) is 41.6 Å². The summed E-state index contributed by atoms with van der Waals surface area (Å²) in [6.45, 7) is 3.63. The molecular weight excluding hydrogens is 230 g/mol. The minimum Gasteiger partial charge on any atom is -0.506 e. The first-order valence-corrected chi connectivity index (χ1v) is 5.52. The second-order valence-electron chi connectivity index (χ2n) is 4.26. The quantitative estimate of drug-likeness (QED) is 0.474. The number of benzene rings is 1. The summed E-state index contributed by atoms with van der Waals surface area (Å²) in [7, 11) is 0. The summed E-state index contributed by atoms with van der Waals surface area (Å²) < 4.78 is 0. The number of carbonyl (C=O) groups is 2. The maximum Gasteiger partial charge on any atom is 0.227 e. The van der Waals surface area contributed by atoms with Crippen molar-refractivity contribution < 1.29 is 14.7 Å². The molecule has 0 spiro atoms. The number of carbonyl (C=O) groups excluding carboxylic acids is 2. The van der Waals surface area contributed by atoms with Crippen LogP contribution in [0.3, 0.4) is 0 Å². The number of hydrogen-bond donors (Lipinski definition) is 2. The van der Waals surface area contributed by atoms with E-state index in [1.807, 2.05) is 6.92 Å². The van der Waals surface area contributed by atoms with Gasteiger partial charge >= 0.3 is 0 Å². The second kappa shape index (κ2) is 4.49. The Balaban J connectivity index is 2.32. The minimum atomic E-state index is -0.560. The van der Waals surface area contributed by atoms with Gasteiger partial charge in [-0.05, 0) is 43.2 Å². The molecule has 0 aromatic heterocycles. The van der Waals surface area contributed by atoms with E-state index in [2.05, 4.69) is 5.32 Å². The van der Waals surface area contributed by atoms with Crippen molar-refractivity contribution in [3.05, 3.63) is 47.2 Å². The van der Waals surface area contributed by atoms with Crippen molar-refractivity contribution in [1.82, 2.24) is 0 Å². The van der Waals surface area contributed by atoms with Gasteiger partial charge in [-0.25, -0.2) is 0 Å². The van der Waals surface area contributed by atoms with Crippen molar-refractivity contribution in [2.24, 2.45) is 0 Å². The molecule has 92 valence electrons. The van der Waals surface area contributed by atoms with Crippen LogP contribution >= 0.6 is 0 Å². The molecule has 0 aliphatic heterocycles. The Morgan fingerprint density at radius 1 is 1.06 bits per heavy atom. The third-order valence-corrected chi connectivity index (χ3v) is 2.71. The molecule has 0 atom stereocenters. The van der Waals surface area contributed by atoms with Gasteiger partial charge in [0.05, 0.1) is 5.69 Å². The molecule has 0 heterocycles. The van der Waals surface area contributed by atoms with Crippen LogP contribution in [0.2, 0.25) is 0 Å². The Labute approximate surface area is 105 Å². The van der Waals surface area contributed by atoms with Crippen LogP contribution in [-0.4, -0.2) is 16.7 Å². The first-order valence-electron chi connectivity index (χ1n) is 5.52. The van der Waals surface area contributed by atoms with Crippen LogP contribution in [-0.2, 0) is 9.59 Å². The molecule has 18 heavy (non-hydrogen) atoms. The highest BCUT2D eigenvalue weighted by Gasteiger charge is 2.18. The molecule has 1 aliphatic rings. The predicted octanol–water partition coefficient (Wildman–Crippen LogP) is 2.09. The molecule has 0 saturated carbocycles. The van der Waals surface area contributed by atoms with Gasteiger partial charge in [0.2, 0.25) is 11.6 Å². The fraction of sp³-hybridized carbons (Fsp3) is 0.143. The zero-order valence-electron chi connectivity index (χ0n) is 10.2. The standard InChI is InChI=1S/C14H13NO3/c1-8-3-4-12(16)11(5-8)15-10-7-14(18)13(17)6-9(10)2/h3-7,15-16H,1-2H3. The number of aryl methyl sites for hydroxylation is 1. The second-order valence-corrected chi connectivity index (χ2v) is 4.26. The van der Waals surface area contributed by atoms with Gasteiger partial charge in [0.15, 0.2) is 0 Å². The summed E-state index contributed by atoms with van der Waals surface area (Å²) in [4.78, 5) is 22.5. The van der Waals surface area contributed by atoms with Crippen molar-refractivity contribution in [2.45, 2.75) is 13.8 Å².